The normalized spacial score (nSPS) is 18.3. The maximum atomic E-state index is 10.6. The van der Waals surface area contributed by atoms with Crippen molar-refractivity contribution in [2.24, 2.45) is 0 Å². The Morgan fingerprint density at radius 3 is 2.61 bits per heavy atom. The van der Waals surface area contributed by atoms with Crippen LogP contribution in [0.25, 0.3) is 0 Å². The molecule has 0 unspecified atom stereocenters. The van der Waals surface area contributed by atoms with Crippen molar-refractivity contribution in [3.8, 4) is 0 Å². The Kier molecular flexibility index (Phi) is 3.73. The van der Waals surface area contributed by atoms with Crippen LogP contribution >= 0.6 is 0 Å². The van der Waals surface area contributed by atoms with Crippen LogP contribution in [0.15, 0.2) is 12.4 Å². The average molecular weight is 253 g/mol. The Balaban J connectivity index is 2.09. The Labute approximate surface area is 104 Å². The number of aliphatic hydroxyl groups is 1. The van der Waals surface area contributed by atoms with Crippen molar-refractivity contribution in [3.63, 3.8) is 0 Å². The van der Waals surface area contributed by atoms with Gasteiger partial charge in [-0.25, -0.2) is 14.8 Å². The third kappa shape index (κ3) is 2.74. The first kappa shape index (κ1) is 12.7. The summed E-state index contributed by atoms with van der Waals surface area (Å²) in [5.41, 5.74) is -0.567. The second kappa shape index (κ2) is 5.28. The van der Waals surface area contributed by atoms with Crippen molar-refractivity contribution in [1.82, 2.24) is 9.97 Å². The summed E-state index contributed by atoms with van der Waals surface area (Å²) in [6.45, 7) is 1.13. The smallest absolute Gasteiger partial charge is 0.356 e. The number of hydrogen-bond donors (Lipinski definition) is 3. The summed E-state index contributed by atoms with van der Waals surface area (Å²) in [6, 6.07) is 0. The Morgan fingerprint density at radius 2 is 2.11 bits per heavy atom. The van der Waals surface area contributed by atoms with Crippen molar-refractivity contribution in [1.29, 1.82) is 0 Å². The predicted octanol–water partition coefficient (Wildman–Crippen LogP) is 0.128. The molecule has 0 bridgehead atoms. The largest absolute Gasteiger partial charge is 0.476 e. The second-order valence-corrected chi connectivity index (χ2v) is 4.27. The molecule has 0 amide bonds. The zero-order valence-corrected chi connectivity index (χ0v) is 9.80. The van der Waals surface area contributed by atoms with Gasteiger partial charge >= 0.3 is 5.97 Å². The van der Waals surface area contributed by atoms with Crippen LogP contribution in [-0.2, 0) is 4.74 Å². The van der Waals surface area contributed by atoms with Gasteiger partial charge in [0.1, 0.15) is 5.82 Å². The van der Waals surface area contributed by atoms with E-state index in [0.29, 0.717) is 31.9 Å². The molecule has 7 heteroatoms. The third-order valence-electron chi connectivity index (χ3n) is 3.02. The SMILES string of the molecule is O=C(O)c1cnc(NC2(CO)CCOCC2)cn1. The molecule has 2 heterocycles. The van der Waals surface area contributed by atoms with Gasteiger partial charge in [-0.2, -0.15) is 0 Å². The Bertz CT molecular complexity index is 415. The van der Waals surface area contributed by atoms with Gasteiger partial charge in [0.15, 0.2) is 5.69 Å². The van der Waals surface area contributed by atoms with Gasteiger partial charge in [0.2, 0.25) is 0 Å². The molecule has 0 saturated carbocycles. The van der Waals surface area contributed by atoms with Crippen molar-refractivity contribution in [3.05, 3.63) is 18.1 Å². The molecule has 1 aliphatic rings. The summed E-state index contributed by atoms with van der Waals surface area (Å²) < 4.78 is 5.25. The number of carboxylic acid groups (broad SMARTS) is 1. The van der Waals surface area contributed by atoms with Gasteiger partial charge in [-0.1, -0.05) is 0 Å². The lowest BCUT2D eigenvalue weighted by Crippen LogP contribution is -2.47. The van der Waals surface area contributed by atoms with Gasteiger partial charge in [0, 0.05) is 13.2 Å². The second-order valence-electron chi connectivity index (χ2n) is 4.27. The van der Waals surface area contributed by atoms with E-state index >= 15 is 0 Å². The van der Waals surface area contributed by atoms with Crippen LogP contribution in [0.3, 0.4) is 0 Å². The van der Waals surface area contributed by atoms with Crippen LogP contribution in [-0.4, -0.2) is 51.5 Å². The van der Waals surface area contributed by atoms with E-state index in [1.165, 1.54) is 12.4 Å². The van der Waals surface area contributed by atoms with Crippen molar-refractivity contribution < 1.29 is 19.7 Å². The highest BCUT2D eigenvalue weighted by Crippen LogP contribution is 2.24. The fourth-order valence-electron chi connectivity index (χ4n) is 1.86. The lowest BCUT2D eigenvalue weighted by atomic mass is 9.91. The summed E-state index contributed by atoms with van der Waals surface area (Å²) in [4.78, 5) is 18.4. The molecule has 0 aliphatic carbocycles. The highest BCUT2D eigenvalue weighted by molar-refractivity contribution is 5.84. The van der Waals surface area contributed by atoms with E-state index < -0.39 is 11.5 Å². The fourth-order valence-corrected chi connectivity index (χ4v) is 1.86. The van der Waals surface area contributed by atoms with Crippen molar-refractivity contribution >= 4 is 11.8 Å². The molecule has 0 radical (unpaired) electrons. The summed E-state index contributed by atoms with van der Waals surface area (Å²) >= 11 is 0. The van der Waals surface area contributed by atoms with Crippen LogP contribution in [0.5, 0.6) is 0 Å². The summed E-state index contributed by atoms with van der Waals surface area (Å²) in [7, 11) is 0. The van der Waals surface area contributed by atoms with Gasteiger partial charge in [0.05, 0.1) is 24.5 Å². The monoisotopic (exact) mass is 253 g/mol. The van der Waals surface area contributed by atoms with Crippen LogP contribution in [0, 0.1) is 0 Å². The standard InChI is InChI=1S/C11H15N3O4/c15-7-11(1-3-18-4-2-11)14-9-6-12-8(5-13-9)10(16)17/h5-6,15H,1-4,7H2,(H,13,14)(H,16,17). The van der Waals surface area contributed by atoms with Crippen molar-refractivity contribution in [2.45, 2.75) is 18.4 Å². The molecule has 18 heavy (non-hydrogen) atoms. The predicted molar refractivity (Wildman–Crippen MR) is 62.5 cm³/mol. The number of rotatable bonds is 4. The molecular formula is C11H15N3O4. The van der Waals surface area contributed by atoms with Crippen molar-refractivity contribution in [2.75, 3.05) is 25.1 Å². The van der Waals surface area contributed by atoms with Crippen LogP contribution < -0.4 is 5.32 Å². The number of aliphatic hydroxyl groups excluding tert-OH is 1. The summed E-state index contributed by atoms with van der Waals surface area (Å²) in [6.07, 6.45) is 3.89. The number of anilines is 1. The van der Waals surface area contributed by atoms with E-state index in [1.807, 2.05) is 0 Å². The number of aromatic nitrogens is 2. The molecule has 3 N–H and O–H groups in total. The molecule has 1 aromatic heterocycles. The van der Waals surface area contributed by atoms with E-state index in [0.717, 1.165) is 0 Å². The molecule has 1 fully saturated rings. The first-order chi connectivity index (χ1) is 8.65. The van der Waals surface area contributed by atoms with Gasteiger partial charge in [-0.15, -0.1) is 0 Å². The molecule has 0 spiro atoms. The third-order valence-corrected chi connectivity index (χ3v) is 3.02. The minimum absolute atomic E-state index is 0.0290. The molecule has 1 saturated heterocycles. The first-order valence-corrected chi connectivity index (χ1v) is 5.67. The number of ether oxygens (including phenoxy) is 1. The van der Waals surface area contributed by atoms with E-state index in [1.54, 1.807) is 0 Å². The molecule has 1 aromatic rings. The lowest BCUT2D eigenvalue weighted by molar-refractivity contribution is 0.0378. The Hall–Kier alpha value is -1.73. The maximum absolute atomic E-state index is 10.6. The van der Waals surface area contributed by atoms with Gasteiger partial charge < -0.3 is 20.3 Å². The number of nitrogens with one attached hydrogen (secondary N) is 1. The van der Waals surface area contributed by atoms with E-state index in [-0.39, 0.29) is 12.3 Å². The van der Waals surface area contributed by atoms with Gasteiger partial charge in [-0.3, -0.25) is 0 Å². The van der Waals surface area contributed by atoms with E-state index in [4.69, 9.17) is 9.84 Å². The molecule has 1 aliphatic heterocycles. The number of carbonyl (C=O) groups is 1. The Morgan fingerprint density at radius 1 is 1.39 bits per heavy atom. The molecule has 0 aromatic carbocycles. The van der Waals surface area contributed by atoms with Gasteiger partial charge in [-0.05, 0) is 12.8 Å². The zero-order chi connectivity index (χ0) is 13.0. The molecule has 7 nitrogen and oxygen atoms in total. The molecule has 2 rings (SSSR count). The summed E-state index contributed by atoms with van der Waals surface area (Å²) in [5, 5.41) is 21.3. The number of aromatic carboxylic acids is 1. The highest BCUT2D eigenvalue weighted by Gasteiger charge is 2.32. The summed E-state index contributed by atoms with van der Waals surface area (Å²) in [5.74, 6) is -0.659. The minimum atomic E-state index is -1.11. The number of hydrogen-bond acceptors (Lipinski definition) is 6. The highest BCUT2D eigenvalue weighted by atomic mass is 16.5. The fraction of sp³-hybridized carbons (Fsp3) is 0.545. The zero-order valence-electron chi connectivity index (χ0n) is 9.80. The molecular weight excluding hydrogens is 238 g/mol. The minimum Gasteiger partial charge on any atom is -0.476 e. The topological polar surface area (TPSA) is 105 Å². The number of carboxylic acids is 1. The van der Waals surface area contributed by atoms with E-state index in [2.05, 4.69) is 15.3 Å². The molecule has 98 valence electrons. The van der Waals surface area contributed by atoms with E-state index in [9.17, 15) is 9.90 Å². The van der Waals surface area contributed by atoms with Gasteiger partial charge in [0.25, 0.3) is 0 Å². The maximum Gasteiger partial charge on any atom is 0.356 e. The van der Waals surface area contributed by atoms with Crippen LogP contribution in [0.4, 0.5) is 5.82 Å². The van der Waals surface area contributed by atoms with Crippen LogP contribution in [0.1, 0.15) is 23.3 Å². The lowest BCUT2D eigenvalue weighted by Gasteiger charge is -2.36. The first-order valence-electron chi connectivity index (χ1n) is 5.67. The molecule has 0 atom stereocenters. The quantitative estimate of drug-likeness (QED) is 0.700. The van der Waals surface area contributed by atoms with Crippen LogP contribution in [0.2, 0.25) is 0 Å². The average Bonchev–Trinajstić information content (AvgIpc) is 2.40. The number of nitrogens with zero attached hydrogens (tertiary/aromatic N) is 2.